The first-order valence-electron chi connectivity index (χ1n) is 8.34. The van der Waals surface area contributed by atoms with Crippen LogP contribution in [0.1, 0.15) is 34.5 Å². The van der Waals surface area contributed by atoms with Crippen molar-refractivity contribution >= 4 is 23.3 Å². The number of aromatic amines is 1. The van der Waals surface area contributed by atoms with E-state index in [1.54, 1.807) is 0 Å². The molecule has 3 nitrogen and oxygen atoms in total. The van der Waals surface area contributed by atoms with Crippen molar-refractivity contribution in [2.45, 2.75) is 40.2 Å². The Hall–Kier alpha value is -1.84. The van der Waals surface area contributed by atoms with Gasteiger partial charge in [0.1, 0.15) is 0 Å². The first-order chi connectivity index (χ1) is 11.1. The topological polar surface area (TPSA) is 40.7 Å². The fourth-order valence-corrected chi connectivity index (χ4v) is 2.95. The van der Waals surface area contributed by atoms with E-state index < -0.39 is 0 Å². The van der Waals surface area contributed by atoms with E-state index >= 15 is 0 Å². The Morgan fingerprint density at radius 2 is 1.79 bits per heavy atom. The Morgan fingerprint density at radius 1 is 1.04 bits per heavy atom. The van der Waals surface area contributed by atoms with Gasteiger partial charge in [-0.15, -0.1) is 12.4 Å². The van der Waals surface area contributed by atoms with Crippen LogP contribution in [0.25, 0.3) is 10.9 Å². The third kappa shape index (κ3) is 4.16. The second-order valence-electron chi connectivity index (χ2n) is 6.32. The lowest BCUT2D eigenvalue weighted by Gasteiger charge is -2.06. The molecule has 0 spiro atoms. The first-order valence-corrected chi connectivity index (χ1v) is 8.34. The molecule has 3 aromatic rings. The predicted molar refractivity (Wildman–Crippen MR) is 104 cm³/mol. The number of H-pyrrole nitrogens is 1. The van der Waals surface area contributed by atoms with Crippen molar-refractivity contribution in [1.82, 2.24) is 15.3 Å². The van der Waals surface area contributed by atoms with Crippen molar-refractivity contribution in [3.63, 3.8) is 0 Å². The summed E-state index contributed by atoms with van der Waals surface area (Å²) in [6.07, 6.45) is 4.02. The summed E-state index contributed by atoms with van der Waals surface area (Å²) in [5, 5.41) is 4.82. The van der Waals surface area contributed by atoms with E-state index in [2.05, 4.69) is 66.4 Å². The summed E-state index contributed by atoms with van der Waals surface area (Å²) in [5.41, 5.74) is 7.61. The molecule has 3 rings (SSSR count). The number of halogens is 1. The van der Waals surface area contributed by atoms with E-state index in [0.717, 1.165) is 25.9 Å². The second-order valence-corrected chi connectivity index (χ2v) is 6.32. The molecular weight excluding hydrogens is 318 g/mol. The Morgan fingerprint density at radius 3 is 2.54 bits per heavy atom. The molecule has 0 aliphatic rings. The minimum atomic E-state index is 0. The Labute approximate surface area is 150 Å². The fourth-order valence-electron chi connectivity index (χ4n) is 2.95. The van der Waals surface area contributed by atoms with Crippen LogP contribution in [0.15, 0.2) is 36.5 Å². The highest BCUT2D eigenvalue weighted by Gasteiger charge is 2.08. The Balaban J connectivity index is 0.00000208. The van der Waals surface area contributed by atoms with Crippen molar-refractivity contribution in [1.29, 1.82) is 0 Å². The molecule has 0 radical (unpaired) electrons. The molecule has 2 heterocycles. The molecule has 2 N–H and O–H groups in total. The standard InChI is InChI=1S/C20H25N3.ClH/c1-14-6-8-17(9-7-14)13-21-11-4-5-19-20-18(10-12-22-19)15(2)16(3)23-20;/h6-10,12,21,23H,4-5,11,13H2,1-3H3;1H. The van der Waals surface area contributed by atoms with Crippen LogP contribution in [-0.2, 0) is 13.0 Å². The summed E-state index contributed by atoms with van der Waals surface area (Å²) < 4.78 is 0. The molecule has 0 saturated heterocycles. The highest BCUT2D eigenvalue weighted by molar-refractivity contribution is 5.86. The zero-order valence-electron chi connectivity index (χ0n) is 14.6. The third-order valence-corrected chi connectivity index (χ3v) is 4.53. The predicted octanol–water partition coefficient (Wildman–Crippen LogP) is 4.63. The molecule has 4 heteroatoms. The summed E-state index contributed by atoms with van der Waals surface area (Å²) in [6, 6.07) is 10.8. The molecule has 0 fully saturated rings. The average Bonchev–Trinajstić information content (AvgIpc) is 2.85. The van der Waals surface area contributed by atoms with Gasteiger partial charge in [-0.1, -0.05) is 29.8 Å². The van der Waals surface area contributed by atoms with Crippen LogP contribution >= 0.6 is 12.4 Å². The van der Waals surface area contributed by atoms with Gasteiger partial charge in [0.25, 0.3) is 0 Å². The van der Waals surface area contributed by atoms with E-state index in [1.165, 1.54) is 39.0 Å². The second kappa shape index (κ2) is 8.32. The van der Waals surface area contributed by atoms with Crippen LogP contribution in [0, 0.1) is 20.8 Å². The molecule has 2 aromatic heterocycles. The molecule has 0 atom stereocenters. The molecule has 24 heavy (non-hydrogen) atoms. The molecule has 0 aliphatic carbocycles. The molecule has 0 unspecified atom stereocenters. The summed E-state index contributed by atoms with van der Waals surface area (Å²) in [6.45, 7) is 8.35. The normalized spacial score (nSPS) is 10.8. The van der Waals surface area contributed by atoms with Crippen LogP contribution in [0.4, 0.5) is 0 Å². The number of hydrogen-bond acceptors (Lipinski definition) is 2. The number of aromatic nitrogens is 2. The van der Waals surface area contributed by atoms with Crippen LogP contribution in [0.2, 0.25) is 0 Å². The first kappa shape index (κ1) is 18.5. The summed E-state index contributed by atoms with van der Waals surface area (Å²) in [4.78, 5) is 8.05. The minimum absolute atomic E-state index is 0. The van der Waals surface area contributed by atoms with E-state index in [1.807, 2.05) is 6.20 Å². The SMILES string of the molecule is Cc1ccc(CNCCCc2nccc3c(C)c(C)[nH]c23)cc1.Cl. The smallest absolute Gasteiger partial charge is 0.0677 e. The lowest BCUT2D eigenvalue weighted by Crippen LogP contribution is -2.15. The van der Waals surface area contributed by atoms with Crippen LogP contribution in [0.3, 0.4) is 0 Å². The number of pyridine rings is 1. The van der Waals surface area contributed by atoms with Crippen molar-refractivity contribution in [3.8, 4) is 0 Å². The molecular formula is C20H26ClN3. The summed E-state index contributed by atoms with van der Waals surface area (Å²) >= 11 is 0. The Bertz CT molecular complexity index is 790. The van der Waals surface area contributed by atoms with Gasteiger partial charge >= 0.3 is 0 Å². The number of hydrogen-bond donors (Lipinski definition) is 2. The van der Waals surface area contributed by atoms with Crippen molar-refractivity contribution in [2.24, 2.45) is 0 Å². The molecule has 0 aliphatic heterocycles. The van der Waals surface area contributed by atoms with Gasteiger partial charge in [0.05, 0.1) is 11.2 Å². The summed E-state index contributed by atoms with van der Waals surface area (Å²) in [7, 11) is 0. The lowest BCUT2D eigenvalue weighted by atomic mass is 10.1. The van der Waals surface area contributed by atoms with Gasteiger partial charge in [0.15, 0.2) is 0 Å². The number of rotatable bonds is 6. The molecule has 0 amide bonds. The fraction of sp³-hybridized carbons (Fsp3) is 0.350. The largest absolute Gasteiger partial charge is 0.357 e. The zero-order valence-corrected chi connectivity index (χ0v) is 15.5. The number of fused-ring (bicyclic) bond motifs is 1. The van der Waals surface area contributed by atoms with Gasteiger partial charge in [-0.3, -0.25) is 4.98 Å². The number of nitrogens with one attached hydrogen (secondary N) is 2. The minimum Gasteiger partial charge on any atom is -0.357 e. The quantitative estimate of drug-likeness (QED) is 0.640. The lowest BCUT2D eigenvalue weighted by molar-refractivity contribution is 0.646. The zero-order chi connectivity index (χ0) is 16.2. The molecule has 1 aromatic carbocycles. The molecule has 0 saturated carbocycles. The van der Waals surface area contributed by atoms with Crippen LogP contribution in [0.5, 0.6) is 0 Å². The maximum Gasteiger partial charge on any atom is 0.0677 e. The summed E-state index contributed by atoms with van der Waals surface area (Å²) in [5.74, 6) is 0. The number of benzene rings is 1. The van der Waals surface area contributed by atoms with E-state index in [9.17, 15) is 0 Å². The highest BCUT2D eigenvalue weighted by Crippen LogP contribution is 2.23. The Kier molecular flexibility index (Phi) is 6.41. The highest BCUT2D eigenvalue weighted by atomic mass is 35.5. The van der Waals surface area contributed by atoms with Crippen molar-refractivity contribution < 1.29 is 0 Å². The molecule has 128 valence electrons. The van der Waals surface area contributed by atoms with E-state index in [0.29, 0.717) is 0 Å². The maximum atomic E-state index is 4.57. The molecule has 0 bridgehead atoms. The van der Waals surface area contributed by atoms with Gasteiger partial charge in [-0.2, -0.15) is 0 Å². The van der Waals surface area contributed by atoms with Gasteiger partial charge < -0.3 is 10.3 Å². The average molecular weight is 344 g/mol. The maximum absolute atomic E-state index is 4.57. The van der Waals surface area contributed by atoms with Gasteiger partial charge in [-0.25, -0.2) is 0 Å². The van der Waals surface area contributed by atoms with Gasteiger partial charge in [0, 0.05) is 23.8 Å². The van der Waals surface area contributed by atoms with E-state index in [4.69, 9.17) is 0 Å². The van der Waals surface area contributed by atoms with Gasteiger partial charge in [-0.05, 0) is 57.4 Å². The van der Waals surface area contributed by atoms with Gasteiger partial charge in [0.2, 0.25) is 0 Å². The number of nitrogens with zero attached hydrogens (tertiary/aromatic N) is 1. The van der Waals surface area contributed by atoms with Crippen LogP contribution in [-0.4, -0.2) is 16.5 Å². The monoisotopic (exact) mass is 343 g/mol. The van der Waals surface area contributed by atoms with Crippen molar-refractivity contribution in [3.05, 3.63) is 64.6 Å². The van der Waals surface area contributed by atoms with E-state index in [-0.39, 0.29) is 12.4 Å². The van der Waals surface area contributed by atoms with Crippen molar-refractivity contribution in [2.75, 3.05) is 6.54 Å². The van der Waals surface area contributed by atoms with Crippen LogP contribution < -0.4 is 5.32 Å². The number of aryl methyl sites for hydroxylation is 4. The third-order valence-electron chi connectivity index (χ3n) is 4.53.